The van der Waals surface area contributed by atoms with Crippen LogP contribution in [0.2, 0.25) is 0 Å². The van der Waals surface area contributed by atoms with Crippen molar-refractivity contribution in [2.45, 2.75) is 39.2 Å². The first-order valence-corrected chi connectivity index (χ1v) is 11.0. The summed E-state index contributed by atoms with van der Waals surface area (Å²) >= 11 is 6.89. The van der Waals surface area contributed by atoms with Crippen LogP contribution in [-0.2, 0) is 10.2 Å². The minimum Gasteiger partial charge on any atom is -0.338 e. The largest absolute Gasteiger partial charge is 0.338 e. The summed E-state index contributed by atoms with van der Waals surface area (Å²) in [5, 5.41) is 16.0. The molecule has 10 heteroatoms. The number of carbonyl (C=O) groups is 1. The quantitative estimate of drug-likeness (QED) is 0.401. The number of amides is 1. The van der Waals surface area contributed by atoms with Gasteiger partial charge in [-0.05, 0) is 54.9 Å². The lowest BCUT2D eigenvalue weighted by atomic mass is 9.97. The highest BCUT2D eigenvalue weighted by molar-refractivity contribution is 7.71. The van der Waals surface area contributed by atoms with E-state index in [0.717, 1.165) is 10.4 Å². The van der Waals surface area contributed by atoms with Gasteiger partial charge in [0.25, 0.3) is 0 Å². The first kappa shape index (κ1) is 21.1. The molecule has 0 radical (unpaired) electrons. The zero-order valence-corrected chi connectivity index (χ0v) is 19.2. The summed E-state index contributed by atoms with van der Waals surface area (Å²) in [5.74, 6) is 1.54. The molecule has 31 heavy (non-hydrogen) atoms. The SMILES string of the molecule is CC(C(=O)Nc1ccc(-c2noc(C(C)(C)C)n2)cc1)n1c(-c2cccs2)n[nH]c1=S. The van der Waals surface area contributed by atoms with Gasteiger partial charge in [-0.15, -0.1) is 11.3 Å². The van der Waals surface area contributed by atoms with Crippen LogP contribution in [0.15, 0.2) is 46.3 Å². The van der Waals surface area contributed by atoms with E-state index in [2.05, 4.69) is 25.7 Å². The summed E-state index contributed by atoms with van der Waals surface area (Å²) in [4.78, 5) is 18.3. The van der Waals surface area contributed by atoms with Gasteiger partial charge in [0, 0.05) is 16.7 Å². The molecule has 3 aromatic heterocycles. The molecular weight excluding hydrogens is 432 g/mol. The van der Waals surface area contributed by atoms with E-state index < -0.39 is 6.04 Å². The molecule has 0 fully saturated rings. The second-order valence-corrected chi connectivity index (χ2v) is 9.45. The maximum absolute atomic E-state index is 12.9. The highest BCUT2D eigenvalue weighted by atomic mass is 32.1. The van der Waals surface area contributed by atoms with Crippen LogP contribution in [0, 0.1) is 4.77 Å². The molecule has 4 aromatic rings. The number of hydrogen-bond acceptors (Lipinski definition) is 7. The Morgan fingerprint density at radius 1 is 1.26 bits per heavy atom. The van der Waals surface area contributed by atoms with Crippen molar-refractivity contribution in [2.75, 3.05) is 5.32 Å². The summed E-state index contributed by atoms with van der Waals surface area (Å²) in [6.45, 7) is 7.83. The van der Waals surface area contributed by atoms with Crippen LogP contribution in [0.4, 0.5) is 5.69 Å². The number of aromatic amines is 1. The number of nitrogens with one attached hydrogen (secondary N) is 2. The van der Waals surface area contributed by atoms with Crippen molar-refractivity contribution in [3.8, 4) is 22.1 Å². The van der Waals surface area contributed by atoms with Gasteiger partial charge < -0.3 is 9.84 Å². The van der Waals surface area contributed by atoms with Crippen molar-refractivity contribution in [1.29, 1.82) is 0 Å². The van der Waals surface area contributed by atoms with E-state index in [4.69, 9.17) is 16.7 Å². The predicted octanol–water partition coefficient (Wildman–Crippen LogP) is 5.22. The van der Waals surface area contributed by atoms with E-state index in [1.54, 1.807) is 11.5 Å². The number of rotatable bonds is 5. The van der Waals surface area contributed by atoms with Gasteiger partial charge in [0.05, 0.1) is 4.88 Å². The Bertz CT molecular complexity index is 1250. The molecule has 0 spiro atoms. The molecule has 2 N–H and O–H groups in total. The fourth-order valence-corrected chi connectivity index (χ4v) is 3.96. The molecule has 1 atom stereocenters. The average molecular weight is 455 g/mol. The van der Waals surface area contributed by atoms with Gasteiger partial charge in [-0.2, -0.15) is 10.1 Å². The Labute approximate surface area is 188 Å². The molecule has 1 aromatic carbocycles. The van der Waals surface area contributed by atoms with Gasteiger partial charge >= 0.3 is 0 Å². The van der Waals surface area contributed by atoms with Crippen molar-refractivity contribution in [2.24, 2.45) is 0 Å². The van der Waals surface area contributed by atoms with Gasteiger partial charge in [0.1, 0.15) is 6.04 Å². The normalized spacial score (nSPS) is 12.6. The molecule has 8 nitrogen and oxygen atoms in total. The van der Waals surface area contributed by atoms with Gasteiger partial charge in [-0.3, -0.25) is 14.5 Å². The fraction of sp³-hybridized carbons (Fsp3) is 0.286. The third kappa shape index (κ3) is 4.35. The molecule has 3 heterocycles. The molecule has 1 unspecified atom stereocenters. The smallest absolute Gasteiger partial charge is 0.247 e. The topological polar surface area (TPSA) is 102 Å². The number of hydrogen-bond donors (Lipinski definition) is 2. The van der Waals surface area contributed by atoms with Crippen molar-refractivity contribution in [1.82, 2.24) is 24.9 Å². The first-order chi connectivity index (χ1) is 14.7. The van der Waals surface area contributed by atoms with Crippen molar-refractivity contribution < 1.29 is 9.32 Å². The van der Waals surface area contributed by atoms with E-state index in [1.165, 1.54) is 11.3 Å². The summed E-state index contributed by atoms with van der Waals surface area (Å²) < 4.78 is 7.47. The lowest BCUT2D eigenvalue weighted by Gasteiger charge is -2.15. The average Bonchev–Trinajstić information content (AvgIpc) is 3.48. The second-order valence-electron chi connectivity index (χ2n) is 8.12. The lowest BCUT2D eigenvalue weighted by molar-refractivity contribution is -0.118. The van der Waals surface area contributed by atoms with Crippen LogP contribution < -0.4 is 5.32 Å². The molecule has 0 bridgehead atoms. The van der Waals surface area contributed by atoms with Crippen LogP contribution >= 0.6 is 23.6 Å². The van der Waals surface area contributed by atoms with E-state index in [-0.39, 0.29) is 11.3 Å². The highest BCUT2D eigenvalue weighted by Crippen LogP contribution is 2.27. The number of aromatic nitrogens is 5. The van der Waals surface area contributed by atoms with E-state index in [9.17, 15) is 4.79 Å². The number of H-pyrrole nitrogens is 1. The number of nitrogens with zero attached hydrogens (tertiary/aromatic N) is 4. The summed E-state index contributed by atoms with van der Waals surface area (Å²) in [7, 11) is 0. The minimum absolute atomic E-state index is 0.197. The minimum atomic E-state index is -0.547. The number of anilines is 1. The molecule has 0 aliphatic rings. The Morgan fingerprint density at radius 3 is 2.61 bits per heavy atom. The van der Waals surface area contributed by atoms with Crippen molar-refractivity contribution in [3.05, 3.63) is 52.4 Å². The van der Waals surface area contributed by atoms with Gasteiger partial charge in [-0.1, -0.05) is 32.0 Å². The summed E-state index contributed by atoms with van der Waals surface area (Å²) in [6, 6.07) is 10.6. The molecule has 4 rings (SSSR count). The maximum atomic E-state index is 12.9. The first-order valence-electron chi connectivity index (χ1n) is 9.70. The van der Waals surface area contributed by atoms with Crippen LogP contribution in [0.5, 0.6) is 0 Å². The Hall–Kier alpha value is -3.11. The van der Waals surface area contributed by atoms with E-state index in [1.807, 2.05) is 62.5 Å². The predicted molar refractivity (Wildman–Crippen MR) is 122 cm³/mol. The van der Waals surface area contributed by atoms with Crippen LogP contribution in [-0.4, -0.2) is 30.8 Å². The molecule has 160 valence electrons. The Kier molecular flexibility index (Phi) is 5.59. The second kappa shape index (κ2) is 8.20. The van der Waals surface area contributed by atoms with Crippen LogP contribution in [0.25, 0.3) is 22.1 Å². The van der Waals surface area contributed by atoms with E-state index in [0.29, 0.717) is 28.0 Å². The zero-order valence-electron chi connectivity index (χ0n) is 17.5. The lowest BCUT2D eigenvalue weighted by Crippen LogP contribution is -2.24. The van der Waals surface area contributed by atoms with Crippen molar-refractivity contribution in [3.63, 3.8) is 0 Å². The van der Waals surface area contributed by atoms with Gasteiger partial charge in [0.2, 0.25) is 17.6 Å². The maximum Gasteiger partial charge on any atom is 0.247 e. The highest BCUT2D eigenvalue weighted by Gasteiger charge is 2.23. The molecule has 0 saturated heterocycles. The number of carbonyl (C=O) groups excluding carboxylic acids is 1. The summed E-state index contributed by atoms with van der Waals surface area (Å²) in [5.41, 5.74) is 1.25. The Balaban J connectivity index is 1.50. The van der Waals surface area contributed by atoms with Gasteiger partial charge in [0.15, 0.2) is 10.6 Å². The zero-order chi connectivity index (χ0) is 22.2. The number of thiophene rings is 1. The van der Waals surface area contributed by atoms with E-state index >= 15 is 0 Å². The third-order valence-electron chi connectivity index (χ3n) is 4.69. The standard InChI is InChI=1S/C21H22N6O2S2/c1-12(27-17(24-25-20(27)30)15-6-5-11-31-15)18(28)22-14-9-7-13(8-10-14)16-23-19(29-26-16)21(2,3)4/h5-12H,1-4H3,(H,22,28)(H,25,30). The summed E-state index contributed by atoms with van der Waals surface area (Å²) in [6.07, 6.45) is 0. The number of benzene rings is 1. The monoisotopic (exact) mass is 454 g/mol. The van der Waals surface area contributed by atoms with Crippen LogP contribution in [0.3, 0.4) is 0 Å². The molecular formula is C21H22N6O2S2. The van der Waals surface area contributed by atoms with Crippen LogP contribution in [0.1, 0.15) is 39.6 Å². The van der Waals surface area contributed by atoms with Crippen molar-refractivity contribution >= 4 is 35.1 Å². The molecule has 0 aliphatic heterocycles. The van der Waals surface area contributed by atoms with Gasteiger partial charge in [-0.25, -0.2) is 0 Å². The molecule has 0 aliphatic carbocycles. The Morgan fingerprint density at radius 2 is 2.00 bits per heavy atom. The fourth-order valence-electron chi connectivity index (χ4n) is 2.96. The molecule has 0 saturated carbocycles. The third-order valence-corrected chi connectivity index (χ3v) is 5.84. The molecule has 1 amide bonds.